The fraction of sp³-hybridized carbons (Fsp3) is 0.750. The molecule has 2 rings (SSSR count). The third-order valence-corrected chi connectivity index (χ3v) is 4.41. The fourth-order valence-corrected chi connectivity index (χ4v) is 3.23. The van der Waals surface area contributed by atoms with E-state index in [1.807, 2.05) is 11.7 Å². The second kappa shape index (κ2) is 8.74. The molecule has 1 saturated heterocycles. The van der Waals surface area contributed by atoms with E-state index in [0.717, 1.165) is 31.6 Å². The number of likely N-dealkylation sites (tertiary alicyclic amines) is 1. The molecule has 0 spiro atoms. The van der Waals surface area contributed by atoms with Gasteiger partial charge in [-0.2, -0.15) is 5.10 Å². The first-order valence-electron chi connectivity index (χ1n) is 8.15. The molecule has 6 heteroatoms. The topological polar surface area (TPSA) is 59.4 Å². The number of guanidine groups is 1. The van der Waals surface area contributed by atoms with Crippen molar-refractivity contribution in [1.29, 1.82) is 0 Å². The molecular weight excluding hydrogens is 389 g/mol. The molecular formula is C16H30IN5. The van der Waals surface area contributed by atoms with Crippen molar-refractivity contribution in [2.24, 2.45) is 23.7 Å². The predicted molar refractivity (Wildman–Crippen MR) is 103 cm³/mol. The average molecular weight is 419 g/mol. The van der Waals surface area contributed by atoms with Gasteiger partial charge in [0, 0.05) is 31.4 Å². The molecule has 22 heavy (non-hydrogen) atoms. The number of hydrogen-bond acceptors (Lipinski definition) is 2. The second-order valence-electron chi connectivity index (χ2n) is 6.07. The van der Waals surface area contributed by atoms with Crippen LogP contribution in [0.25, 0.3) is 0 Å². The van der Waals surface area contributed by atoms with Crippen molar-refractivity contribution < 1.29 is 0 Å². The summed E-state index contributed by atoms with van der Waals surface area (Å²) in [4.78, 5) is 6.87. The molecule has 2 N–H and O–H groups in total. The minimum absolute atomic E-state index is 0. The highest BCUT2D eigenvalue weighted by Gasteiger charge is 2.18. The van der Waals surface area contributed by atoms with Crippen molar-refractivity contribution in [2.45, 2.75) is 53.0 Å². The number of nitrogens with zero attached hydrogens (tertiary/aromatic N) is 4. The van der Waals surface area contributed by atoms with Gasteiger partial charge in [0.2, 0.25) is 0 Å². The number of rotatable bonds is 4. The molecule has 1 aromatic rings. The molecule has 1 unspecified atom stereocenters. The van der Waals surface area contributed by atoms with Crippen molar-refractivity contribution >= 4 is 29.9 Å². The summed E-state index contributed by atoms with van der Waals surface area (Å²) in [6.07, 6.45) is 4.44. The van der Waals surface area contributed by atoms with Crippen LogP contribution in [-0.4, -0.2) is 33.7 Å². The minimum atomic E-state index is 0. The molecule has 0 radical (unpaired) electrons. The number of piperidine rings is 1. The Hall–Kier alpha value is -0.790. The first-order valence-corrected chi connectivity index (χ1v) is 8.15. The van der Waals surface area contributed by atoms with E-state index in [9.17, 15) is 0 Å². The maximum Gasteiger partial charge on any atom is 0.191 e. The molecule has 1 aliphatic rings. The average Bonchev–Trinajstić information content (AvgIpc) is 2.79. The third-order valence-electron chi connectivity index (χ3n) is 4.41. The Labute approximate surface area is 151 Å². The van der Waals surface area contributed by atoms with E-state index in [0.29, 0.717) is 18.4 Å². The van der Waals surface area contributed by atoms with Crippen LogP contribution in [0.5, 0.6) is 0 Å². The number of nitrogens with two attached hydrogens (primary N) is 1. The first-order chi connectivity index (χ1) is 10.1. The lowest BCUT2D eigenvalue weighted by Gasteiger charge is -2.31. The summed E-state index contributed by atoms with van der Waals surface area (Å²) in [5.41, 5.74) is 9.88. The lowest BCUT2D eigenvalue weighted by atomic mass is 10.0. The Morgan fingerprint density at radius 1 is 1.36 bits per heavy atom. The van der Waals surface area contributed by atoms with Crippen LogP contribution in [0.3, 0.4) is 0 Å². The van der Waals surface area contributed by atoms with Gasteiger partial charge in [0.15, 0.2) is 5.96 Å². The van der Waals surface area contributed by atoms with Gasteiger partial charge in [-0.05, 0) is 31.6 Å². The first kappa shape index (κ1) is 19.3. The second-order valence-corrected chi connectivity index (χ2v) is 6.07. The number of aliphatic imine (C=N–C) groups is 1. The van der Waals surface area contributed by atoms with Gasteiger partial charge in [0.1, 0.15) is 0 Å². The summed E-state index contributed by atoms with van der Waals surface area (Å²) in [6, 6.07) is 0. The minimum Gasteiger partial charge on any atom is -0.370 e. The summed E-state index contributed by atoms with van der Waals surface area (Å²) in [7, 11) is 2.01. The molecule has 1 atom stereocenters. The molecule has 1 aromatic heterocycles. The van der Waals surface area contributed by atoms with Crippen LogP contribution in [0.15, 0.2) is 4.99 Å². The molecule has 0 aliphatic carbocycles. The molecule has 0 saturated carbocycles. The van der Waals surface area contributed by atoms with Gasteiger partial charge in [-0.25, -0.2) is 4.99 Å². The van der Waals surface area contributed by atoms with E-state index < -0.39 is 0 Å². The molecule has 126 valence electrons. The normalized spacial score (nSPS) is 19.2. The van der Waals surface area contributed by atoms with Crippen molar-refractivity contribution in [3.05, 3.63) is 17.0 Å². The van der Waals surface area contributed by atoms with Crippen LogP contribution < -0.4 is 5.73 Å². The third kappa shape index (κ3) is 4.36. The van der Waals surface area contributed by atoms with E-state index in [1.54, 1.807) is 0 Å². The van der Waals surface area contributed by atoms with Crippen LogP contribution in [0, 0.1) is 5.92 Å². The predicted octanol–water partition coefficient (Wildman–Crippen LogP) is 2.71. The zero-order valence-corrected chi connectivity index (χ0v) is 16.6. The number of hydrogen-bond donors (Lipinski definition) is 1. The molecule has 2 heterocycles. The Kier molecular flexibility index (Phi) is 7.65. The zero-order valence-electron chi connectivity index (χ0n) is 14.3. The van der Waals surface area contributed by atoms with Crippen molar-refractivity contribution in [3.63, 3.8) is 0 Å². The smallest absolute Gasteiger partial charge is 0.191 e. The van der Waals surface area contributed by atoms with E-state index in [1.165, 1.54) is 24.1 Å². The maximum atomic E-state index is 6.20. The molecule has 1 fully saturated rings. The van der Waals surface area contributed by atoms with Crippen LogP contribution in [-0.2, 0) is 26.4 Å². The Morgan fingerprint density at radius 3 is 2.68 bits per heavy atom. The van der Waals surface area contributed by atoms with Crippen molar-refractivity contribution in [3.8, 4) is 0 Å². The van der Waals surface area contributed by atoms with Crippen LogP contribution in [0.2, 0.25) is 0 Å². The quantitative estimate of drug-likeness (QED) is 0.464. The van der Waals surface area contributed by atoms with E-state index in [2.05, 4.69) is 35.8 Å². The van der Waals surface area contributed by atoms with Crippen LogP contribution >= 0.6 is 24.0 Å². The van der Waals surface area contributed by atoms with Gasteiger partial charge in [0.25, 0.3) is 0 Å². The Morgan fingerprint density at radius 2 is 2.09 bits per heavy atom. The Balaban J connectivity index is 0.00000242. The molecule has 0 aromatic carbocycles. The summed E-state index contributed by atoms with van der Waals surface area (Å²) in [6.45, 7) is 9.31. The number of aryl methyl sites for hydroxylation is 2. The van der Waals surface area contributed by atoms with E-state index >= 15 is 0 Å². The zero-order chi connectivity index (χ0) is 15.4. The van der Waals surface area contributed by atoms with Gasteiger partial charge in [0.05, 0.1) is 12.2 Å². The highest BCUT2D eigenvalue weighted by Crippen LogP contribution is 2.18. The molecule has 0 amide bonds. The van der Waals surface area contributed by atoms with Crippen molar-refractivity contribution in [1.82, 2.24) is 14.7 Å². The fourth-order valence-electron chi connectivity index (χ4n) is 3.23. The van der Waals surface area contributed by atoms with E-state index in [4.69, 9.17) is 5.73 Å². The highest BCUT2D eigenvalue weighted by molar-refractivity contribution is 14.0. The Bertz CT molecular complexity index is 509. The molecule has 5 nitrogen and oxygen atoms in total. The van der Waals surface area contributed by atoms with Crippen LogP contribution in [0.4, 0.5) is 0 Å². The maximum absolute atomic E-state index is 6.20. The molecule has 0 bridgehead atoms. The van der Waals surface area contributed by atoms with Gasteiger partial charge in [-0.15, -0.1) is 24.0 Å². The standard InChI is InChI=1S/C16H29N5.HI/c1-5-14-13(15(6-2)20(4)19-14)10-18-16(17)21-9-7-8-12(3)11-21;/h12H,5-11H2,1-4H3,(H2,17,18);1H. The lowest BCUT2D eigenvalue weighted by molar-refractivity contribution is 0.270. The lowest BCUT2D eigenvalue weighted by Crippen LogP contribution is -2.43. The highest BCUT2D eigenvalue weighted by atomic mass is 127. The summed E-state index contributed by atoms with van der Waals surface area (Å²) in [5, 5.41) is 4.60. The summed E-state index contributed by atoms with van der Waals surface area (Å²) in [5.74, 6) is 1.40. The van der Waals surface area contributed by atoms with Crippen molar-refractivity contribution in [2.75, 3.05) is 13.1 Å². The van der Waals surface area contributed by atoms with Gasteiger partial charge in [-0.3, -0.25) is 4.68 Å². The molecule has 1 aliphatic heterocycles. The van der Waals surface area contributed by atoms with Crippen LogP contribution in [0.1, 0.15) is 50.6 Å². The van der Waals surface area contributed by atoms with E-state index in [-0.39, 0.29) is 24.0 Å². The summed E-state index contributed by atoms with van der Waals surface area (Å²) >= 11 is 0. The summed E-state index contributed by atoms with van der Waals surface area (Å²) < 4.78 is 1.99. The van der Waals surface area contributed by atoms with Gasteiger partial charge in [-0.1, -0.05) is 20.8 Å². The number of aromatic nitrogens is 2. The van der Waals surface area contributed by atoms with Gasteiger partial charge < -0.3 is 10.6 Å². The van der Waals surface area contributed by atoms with Gasteiger partial charge >= 0.3 is 0 Å². The SMILES string of the molecule is CCc1nn(C)c(CC)c1CN=C(N)N1CCCC(C)C1.I. The monoisotopic (exact) mass is 419 g/mol. The largest absolute Gasteiger partial charge is 0.370 e. The number of halogens is 1.